The SMILES string of the molecule is Cc1cc(Nc2nc(=O)n(CC3COC(C)(C)OC3)c(=O)n2Cc2ccc(Cl)cc2)ccc1OC(C)C. The van der Waals surface area contributed by atoms with Crippen LogP contribution in [-0.2, 0) is 22.6 Å². The Labute approximate surface area is 221 Å². The predicted molar refractivity (Wildman–Crippen MR) is 143 cm³/mol. The first kappa shape index (κ1) is 26.9. The van der Waals surface area contributed by atoms with Crippen LogP contribution in [0, 0.1) is 12.8 Å². The maximum absolute atomic E-state index is 13.6. The van der Waals surface area contributed by atoms with E-state index in [2.05, 4.69) is 10.3 Å². The van der Waals surface area contributed by atoms with Crippen molar-refractivity contribution in [3.8, 4) is 5.75 Å². The Kier molecular flexibility index (Phi) is 8.06. The lowest BCUT2D eigenvalue weighted by atomic mass is 10.1. The van der Waals surface area contributed by atoms with Crippen molar-refractivity contribution in [2.24, 2.45) is 5.92 Å². The summed E-state index contributed by atoms with van der Waals surface area (Å²) >= 11 is 6.05. The van der Waals surface area contributed by atoms with Crippen molar-refractivity contribution in [1.29, 1.82) is 0 Å². The highest BCUT2D eigenvalue weighted by molar-refractivity contribution is 6.30. The molecule has 198 valence electrons. The number of rotatable bonds is 8. The first-order chi connectivity index (χ1) is 17.5. The monoisotopic (exact) mass is 528 g/mol. The minimum Gasteiger partial charge on any atom is -0.491 e. The van der Waals surface area contributed by atoms with Gasteiger partial charge in [0, 0.05) is 23.2 Å². The van der Waals surface area contributed by atoms with E-state index < -0.39 is 17.2 Å². The summed E-state index contributed by atoms with van der Waals surface area (Å²) in [5, 5.41) is 3.75. The van der Waals surface area contributed by atoms with Crippen LogP contribution in [0.25, 0.3) is 0 Å². The molecule has 4 rings (SSSR count). The van der Waals surface area contributed by atoms with Crippen LogP contribution in [0.1, 0.15) is 38.8 Å². The summed E-state index contributed by atoms with van der Waals surface area (Å²) < 4.78 is 19.8. The molecule has 0 unspecified atom stereocenters. The molecule has 2 aromatic carbocycles. The zero-order valence-electron chi connectivity index (χ0n) is 21.8. The maximum Gasteiger partial charge on any atom is 0.354 e. The van der Waals surface area contributed by atoms with Crippen LogP contribution in [0.5, 0.6) is 5.75 Å². The molecule has 0 aliphatic carbocycles. The summed E-state index contributed by atoms with van der Waals surface area (Å²) in [5.41, 5.74) is 1.32. The van der Waals surface area contributed by atoms with Crippen LogP contribution in [0.15, 0.2) is 52.1 Å². The number of halogens is 1. The van der Waals surface area contributed by atoms with Crippen molar-refractivity contribution >= 4 is 23.2 Å². The molecule has 10 heteroatoms. The number of aromatic nitrogens is 3. The topological polar surface area (TPSA) is 96.6 Å². The summed E-state index contributed by atoms with van der Waals surface area (Å²) in [6.45, 7) is 10.6. The number of hydrogen-bond acceptors (Lipinski definition) is 7. The van der Waals surface area contributed by atoms with E-state index in [-0.39, 0.29) is 31.1 Å². The van der Waals surface area contributed by atoms with E-state index in [4.69, 9.17) is 25.8 Å². The van der Waals surface area contributed by atoms with Crippen LogP contribution < -0.4 is 21.4 Å². The van der Waals surface area contributed by atoms with Crippen molar-refractivity contribution < 1.29 is 14.2 Å². The molecule has 1 aromatic heterocycles. The number of ether oxygens (including phenoxy) is 3. The summed E-state index contributed by atoms with van der Waals surface area (Å²) in [5.74, 6) is 0.0769. The number of hydrogen-bond donors (Lipinski definition) is 1. The summed E-state index contributed by atoms with van der Waals surface area (Å²) in [6.07, 6.45) is 0.0439. The highest BCUT2D eigenvalue weighted by atomic mass is 35.5. The molecule has 0 bridgehead atoms. The molecule has 0 atom stereocenters. The zero-order chi connectivity index (χ0) is 26.7. The van der Waals surface area contributed by atoms with Gasteiger partial charge >= 0.3 is 11.4 Å². The normalized spacial score (nSPS) is 15.6. The highest BCUT2D eigenvalue weighted by Crippen LogP contribution is 2.25. The lowest BCUT2D eigenvalue weighted by molar-refractivity contribution is -0.263. The molecular formula is C27H33ClN4O5. The molecule has 0 saturated carbocycles. The molecule has 1 aliphatic heterocycles. The Morgan fingerprint density at radius 2 is 1.78 bits per heavy atom. The number of anilines is 2. The largest absolute Gasteiger partial charge is 0.491 e. The fourth-order valence-corrected chi connectivity index (χ4v) is 4.15. The average molecular weight is 529 g/mol. The molecule has 3 aromatic rings. The van der Waals surface area contributed by atoms with E-state index in [9.17, 15) is 9.59 Å². The minimum absolute atomic E-state index is 0.0439. The van der Waals surface area contributed by atoms with Gasteiger partial charge in [-0.2, -0.15) is 4.98 Å². The van der Waals surface area contributed by atoms with Crippen LogP contribution in [-0.4, -0.2) is 39.2 Å². The van der Waals surface area contributed by atoms with Gasteiger partial charge in [0.1, 0.15) is 5.75 Å². The molecule has 1 fully saturated rings. The van der Waals surface area contributed by atoms with E-state index in [1.165, 1.54) is 4.57 Å². The smallest absolute Gasteiger partial charge is 0.354 e. The number of benzene rings is 2. The maximum atomic E-state index is 13.6. The number of nitrogens with zero attached hydrogens (tertiary/aromatic N) is 3. The van der Waals surface area contributed by atoms with Crippen molar-refractivity contribution in [3.05, 3.63) is 79.6 Å². The van der Waals surface area contributed by atoms with Crippen molar-refractivity contribution in [1.82, 2.24) is 14.1 Å². The van der Waals surface area contributed by atoms with Crippen LogP contribution in [0.3, 0.4) is 0 Å². The second-order valence-corrected chi connectivity index (χ2v) is 10.4. The van der Waals surface area contributed by atoms with Crippen molar-refractivity contribution in [3.63, 3.8) is 0 Å². The molecule has 1 saturated heterocycles. The number of aryl methyl sites for hydroxylation is 1. The molecule has 9 nitrogen and oxygen atoms in total. The summed E-state index contributed by atoms with van der Waals surface area (Å²) in [6, 6.07) is 12.8. The first-order valence-electron chi connectivity index (χ1n) is 12.3. The number of nitrogens with one attached hydrogen (secondary N) is 1. The fourth-order valence-electron chi connectivity index (χ4n) is 4.03. The van der Waals surface area contributed by atoms with Crippen LogP contribution >= 0.6 is 11.6 Å². The third kappa shape index (κ3) is 6.80. The Balaban J connectivity index is 1.68. The predicted octanol–water partition coefficient (Wildman–Crippen LogP) is 4.35. The third-order valence-corrected chi connectivity index (χ3v) is 6.22. The Bertz CT molecular complexity index is 1350. The zero-order valence-corrected chi connectivity index (χ0v) is 22.5. The molecule has 2 heterocycles. The molecular weight excluding hydrogens is 496 g/mol. The molecule has 0 spiro atoms. The van der Waals surface area contributed by atoms with Gasteiger partial charge in [-0.3, -0.25) is 4.57 Å². The van der Waals surface area contributed by atoms with Crippen LogP contribution in [0.4, 0.5) is 11.6 Å². The van der Waals surface area contributed by atoms with Gasteiger partial charge in [-0.25, -0.2) is 14.2 Å². The highest BCUT2D eigenvalue weighted by Gasteiger charge is 2.29. The second-order valence-electron chi connectivity index (χ2n) is 9.98. The van der Waals surface area contributed by atoms with E-state index >= 15 is 0 Å². The Hall–Kier alpha value is -3.14. The summed E-state index contributed by atoms with van der Waals surface area (Å²) in [7, 11) is 0. The van der Waals surface area contributed by atoms with Gasteiger partial charge in [-0.05, 0) is 76.1 Å². The Morgan fingerprint density at radius 3 is 2.41 bits per heavy atom. The van der Waals surface area contributed by atoms with Gasteiger partial charge in [0.15, 0.2) is 5.79 Å². The molecule has 1 aliphatic rings. The lowest BCUT2D eigenvalue weighted by Crippen LogP contribution is -2.47. The van der Waals surface area contributed by atoms with Crippen molar-refractivity contribution in [2.45, 2.75) is 59.6 Å². The van der Waals surface area contributed by atoms with Gasteiger partial charge in [0.2, 0.25) is 5.95 Å². The van der Waals surface area contributed by atoms with Crippen LogP contribution in [0.2, 0.25) is 5.02 Å². The minimum atomic E-state index is -0.684. The first-order valence-corrected chi connectivity index (χ1v) is 12.7. The van der Waals surface area contributed by atoms with Gasteiger partial charge in [-0.1, -0.05) is 23.7 Å². The van der Waals surface area contributed by atoms with E-state index in [1.807, 2.05) is 65.0 Å². The Morgan fingerprint density at radius 1 is 1.11 bits per heavy atom. The summed E-state index contributed by atoms with van der Waals surface area (Å²) in [4.78, 5) is 30.9. The lowest BCUT2D eigenvalue weighted by Gasteiger charge is -2.35. The molecule has 0 amide bonds. The average Bonchev–Trinajstić information content (AvgIpc) is 2.83. The molecule has 1 N–H and O–H groups in total. The van der Waals surface area contributed by atoms with E-state index in [0.717, 1.165) is 21.4 Å². The van der Waals surface area contributed by atoms with Gasteiger partial charge in [-0.15, -0.1) is 0 Å². The third-order valence-electron chi connectivity index (χ3n) is 5.97. The quantitative estimate of drug-likeness (QED) is 0.464. The van der Waals surface area contributed by atoms with Gasteiger partial charge < -0.3 is 19.5 Å². The van der Waals surface area contributed by atoms with Gasteiger partial charge in [0.25, 0.3) is 0 Å². The van der Waals surface area contributed by atoms with Crippen molar-refractivity contribution in [2.75, 3.05) is 18.5 Å². The fraction of sp³-hybridized carbons (Fsp3) is 0.444. The van der Waals surface area contributed by atoms with E-state index in [0.29, 0.717) is 23.9 Å². The second kappa shape index (κ2) is 11.1. The molecule has 0 radical (unpaired) electrons. The van der Waals surface area contributed by atoms with Gasteiger partial charge in [0.05, 0.1) is 25.9 Å². The molecule has 37 heavy (non-hydrogen) atoms. The van der Waals surface area contributed by atoms with E-state index in [1.54, 1.807) is 12.1 Å². The standard InChI is InChI=1S/C27H33ClN4O5/c1-17(2)37-23-11-10-22(12-18(23)3)29-24-30-25(33)32(14-20-15-35-27(4,5)36-16-20)26(34)31(24)13-19-6-8-21(28)9-7-19/h6-12,17,20H,13-16H2,1-5H3,(H,29,30,33).